The maximum atomic E-state index is 5.78. The maximum Gasteiger partial charge on any atom is 0.0406 e. The van der Waals surface area contributed by atoms with Gasteiger partial charge in [0.2, 0.25) is 0 Å². The quantitative estimate of drug-likeness (QED) is 0.584. The van der Waals surface area contributed by atoms with Gasteiger partial charge in [0.15, 0.2) is 0 Å². The second kappa shape index (κ2) is 4.68. The molecule has 0 atom stereocenters. The molecule has 0 saturated carbocycles. The van der Waals surface area contributed by atoms with E-state index in [0.29, 0.717) is 0 Å². The van der Waals surface area contributed by atoms with Gasteiger partial charge < -0.3 is 0 Å². The van der Waals surface area contributed by atoms with Crippen LogP contribution in [0.15, 0.2) is 54.6 Å². The Bertz CT molecular complexity index is 486. The summed E-state index contributed by atoms with van der Waals surface area (Å²) in [4.78, 5) is 0. The van der Waals surface area contributed by atoms with Crippen molar-refractivity contribution in [1.29, 1.82) is 0 Å². The van der Waals surface area contributed by atoms with Crippen LogP contribution in [-0.2, 0) is 0 Å². The molecule has 0 N–H and O–H groups in total. The van der Waals surface area contributed by atoms with E-state index in [1.54, 1.807) is 0 Å². The molecule has 0 saturated heterocycles. The highest BCUT2D eigenvalue weighted by Gasteiger charge is 1.87. The first-order valence-corrected chi connectivity index (χ1v) is 5.05. The van der Waals surface area contributed by atoms with Gasteiger partial charge in [-0.05, 0) is 36.4 Å². The van der Waals surface area contributed by atoms with E-state index in [0.717, 1.165) is 16.1 Å². The molecule has 0 aromatic heterocycles. The lowest BCUT2D eigenvalue weighted by atomic mass is 10.2. The second-order valence-electron chi connectivity index (χ2n) is 3.12. The molecule has 0 aliphatic carbocycles. The summed E-state index contributed by atoms with van der Waals surface area (Å²) in [6.45, 7) is 0. The predicted octanol–water partition coefficient (Wildman–Crippen LogP) is 3.74. The summed E-state index contributed by atoms with van der Waals surface area (Å²) < 4.78 is 0. The molecule has 0 bridgehead atoms. The molecule has 0 radical (unpaired) electrons. The Labute approximate surface area is 94.5 Å². The number of benzene rings is 2. The van der Waals surface area contributed by atoms with Gasteiger partial charge in [-0.3, -0.25) is 0 Å². The fraction of sp³-hybridized carbons (Fsp3) is 0. The first kappa shape index (κ1) is 9.83. The molecule has 0 unspecified atom stereocenters. The number of rotatable bonds is 0. The molecule has 0 amide bonds. The van der Waals surface area contributed by atoms with Crippen LogP contribution in [0, 0.1) is 11.8 Å². The second-order valence-corrected chi connectivity index (χ2v) is 3.56. The SMILES string of the molecule is Clc1ccc(C#Cc2ccccc2)cc1. The van der Waals surface area contributed by atoms with Crippen molar-refractivity contribution >= 4 is 11.6 Å². The van der Waals surface area contributed by atoms with E-state index < -0.39 is 0 Å². The van der Waals surface area contributed by atoms with Crippen molar-refractivity contribution in [2.75, 3.05) is 0 Å². The summed E-state index contributed by atoms with van der Waals surface area (Å²) in [5, 5.41) is 0.736. The predicted molar refractivity (Wildman–Crippen MR) is 63.9 cm³/mol. The van der Waals surface area contributed by atoms with E-state index in [2.05, 4.69) is 11.8 Å². The zero-order valence-electron chi connectivity index (χ0n) is 8.07. The summed E-state index contributed by atoms with van der Waals surface area (Å²) in [6.07, 6.45) is 0. The Morgan fingerprint density at radius 3 is 1.80 bits per heavy atom. The minimum absolute atomic E-state index is 0.736. The Hall–Kier alpha value is -1.71. The first-order chi connectivity index (χ1) is 7.34. The van der Waals surface area contributed by atoms with E-state index >= 15 is 0 Å². The monoisotopic (exact) mass is 212 g/mol. The average molecular weight is 213 g/mol. The van der Waals surface area contributed by atoms with Crippen molar-refractivity contribution in [3.05, 3.63) is 70.7 Å². The highest BCUT2D eigenvalue weighted by Crippen LogP contribution is 2.08. The molecular formula is C14H9Cl. The summed E-state index contributed by atoms with van der Waals surface area (Å²) in [5.74, 6) is 6.17. The van der Waals surface area contributed by atoms with Gasteiger partial charge in [-0.2, -0.15) is 0 Å². The largest absolute Gasteiger partial charge is 0.0843 e. The van der Waals surface area contributed by atoms with Gasteiger partial charge in [0.05, 0.1) is 0 Å². The average Bonchev–Trinajstić information content (AvgIpc) is 2.30. The Balaban J connectivity index is 2.22. The number of hydrogen-bond acceptors (Lipinski definition) is 0. The highest BCUT2D eigenvalue weighted by molar-refractivity contribution is 6.30. The van der Waals surface area contributed by atoms with E-state index in [1.165, 1.54) is 0 Å². The fourth-order valence-corrected chi connectivity index (χ4v) is 1.33. The van der Waals surface area contributed by atoms with Gasteiger partial charge in [-0.1, -0.05) is 41.6 Å². The van der Waals surface area contributed by atoms with Crippen molar-refractivity contribution in [2.24, 2.45) is 0 Å². The first-order valence-electron chi connectivity index (χ1n) is 4.67. The van der Waals surface area contributed by atoms with Crippen LogP contribution < -0.4 is 0 Å². The van der Waals surface area contributed by atoms with Gasteiger partial charge in [-0.25, -0.2) is 0 Å². The lowest BCUT2D eigenvalue weighted by Crippen LogP contribution is -1.74. The number of halogens is 1. The molecule has 2 aromatic carbocycles. The lowest BCUT2D eigenvalue weighted by Gasteiger charge is -1.90. The molecule has 0 spiro atoms. The van der Waals surface area contributed by atoms with Crippen molar-refractivity contribution in [3.63, 3.8) is 0 Å². The van der Waals surface area contributed by atoms with E-state index in [-0.39, 0.29) is 0 Å². The van der Waals surface area contributed by atoms with Crippen LogP contribution in [0.3, 0.4) is 0 Å². The van der Waals surface area contributed by atoms with Gasteiger partial charge >= 0.3 is 0 Å². The lowest BCUT2D eigenvalue weighted by molar-refractivity contribution is 1.62. The molecule has 0 nitrogen and oxygen atoms in total. The zero-order chi connectivity index (χ0) is 10.5. The van der Waals surface area contributed by atoms with Gasteiger partial charge in [0.1, 0.15) is 0 Å². The maximum absolute atomic E-state index is 5.78. The fourth-order valence-electron chi connectivity index (χ4n) is 1.20. The van der Waals surface area contributed by atoms with Crippen LogP contribution in [0.2, 0.25) is 5.02 Å². The summed E-state index contributed by atoms with van der Waals surface area (Å²) >= 11 is 5.78. The number of hydrogen-bond donors (Lipinski definition) is 0. The van der Waals surface area contributed by atoms with Crippen LogP contribution in [0.5, 0.6) is 0 Å². The molecule has 0 aliphatic rings. The normalized spacial score (nSPS) is 9.13. The molecule has 2 aromatic rings. The van der Waals surface area contributed by atoms with E-state index in [4.69, 9.17) is 11.6 Å². The Morgan fingerprint density at radius 2 is 1.20 bits per heavy atom. The van der Waals surface area contributed by atoms with Crippen LogP contribution in [-0.4, -0.2) is 0 Å². The summed E-state index contributed by atoms with van der Waals surface area (Å²) in [7, 11) is 0. The van der Waals surface area contributed by atoms with Crippen molar-refractivity contribution in [1.82, 2.24) is 0 Å². The third kappa shape index (κ3) is 2.87. The molecule has 15 heavy (non-hydrogen) atoms. The van der Waals surface area contributed by atoms with Gasteiger partial charge in [0.25, 0.3) is 0 Å². The summed E-state index contributed by atoms with van der Waals surface area (Å²) in [6, 6.07) is 17.4. The Morgan fingerprint density at radius 1 is 0.667 bits per heavy atom. The van der Waals surface area contributed by atoms with Crippen LogP contribution in [0.1, 0.15) is 11.1 Å². The van der Waals surface area contributed by atoms with E-state index in [1.807, 2.05) is 54.6 Å². The highest BCUT2D eigenvalue weighted by atomic mass is 35.5. The smallest absolute Gasteiger partial charge is 0.0406 e. The van der Waals surface area contributed by atoms with Crippen molar-refractivity contribution < 1.29 is 0 Å². The minimum atomic E-state index is 0.736. The van der Waals surface area contributed by atoms with Gasteiger partial charge in [-0.15, -0.1) is 0 Å². The molecule has 72 valence electrons. The van der Waals surface area contributed by atoms with Crippen LogP contribution in [0.25, 0.3) is 0 Å². The Kier molecular flexibility index (Phi) is 3.07. The zero-order valence-corrected chi connectivity index (χ0v) is 8.83. The third-order valence-electron chi connectivity index (χ3n) is 1.97. The van der Waals surface area contributed by atoms with Crippen LogP contribution >= 0.6 is 11.6 Å². The van der Waals surface area contributed by atoms with E-state index in [9.17, 15) is 0 Å². The molecule has 0 heterocycles. The van der Waals surface area contributed by atoms with Crippen LogP contribution in [0.4, 0.5) is 0 Å². The van der Waals surface area contributed by atoms with Crippen molar-refractivity contribution in [2.45, 2.75) is 0 Å². The molecule has 0 fully saturated rings. The standard InChI is InChI=1S/C14H9Cl/c15-14-10-8-13(9-11-14)7-6-12-4-2-1-3-5-12/h1-5,8-11H. The molecular weight excluding hydrogens is 204 g/mol. The summed E-state index contributed by atoms with van der Waals surface area (Å²) in [5.41, 5.74) is 2.00. The van der Waals surface area contributed by atoms with Gasteiger partial charge in [0, 0.05) is 16.1 Å². The minimum Gasteiger partial charge on any atom is -0.0843 e. The molecule has 0 aliphatic heterocycles. The third-order valence-corrected chi connectivity index (χ3v) is 2.22. The molecule has 1 heteroatoms. The topological polar surface area (TPSA) is 0 Å². The van der Waals surface area contributed by atoms with Crippen molar-refractivity contribution in [3.8, 4) is 11.8 Å². The molecule has 2 rings (SSSR count).